The molecule has 0 aromatic carbocycles. The molecule has 0 heterocycles. The lowest BCUT2D eigenvalue weighted by Gasteiger charge is -2.18. The van der Waals surface area contributed by atoms with E-state index >= 15 is 0 Å². The topological polar surface area (TPSA) is 17.1 Å². The van der Waals surface area contributed by atoms with Crippen molar-refractivity contribution in [3.63, 3.8) is 0 Å². The van der Waals surface area contributed by atoms with Crippen molar-refractivity contribution in [2.45, 2.75) is 34.1 Å². The Labute approximate surface area is 67.8 Å². The van der Waals surface area contributed by atoms with E-state index in [1.165, 1.54) is 0 Å². The van der Waals surface area contributed by atoms with Crippen molar-refractivity contribution in [1.29, 1.82) is 0 Å². The summed E-state index contributed by atoms with van der Waals surface area (Å²) in [4.78, 5) is 11.5. The molecule has 0 spiro atoms. The quantitative estimate of drug-likeness (QED) is 0.574. The second-order valence-electron chi connectivity index (χ2n) is 3.55. The van der Waals surface area contributed by atoms with Gasteiger partial charge in [0.25, 0.3) is 0 Å². The fourth-order valence-electron chi connectivity index (χ4n) is 0.491. The van der Waals surface area contributed by atoms with Crippen LogP contribution >= 0.6 is 12.2 Å². The highest BCUT2D eigenvalue weighted by atomic mass is 32.1. The third-order valence-electron chi connectivity index (χ3n) is 1.25. The summed E-state index contributed by atoms with van der Waals surface area (Å²) in [5.41, 5.74) is 0.000995. The van der Waals surface area contributed by atoms with Crippen LogP contribution in [0.3, 0.4) is 0 Å². The van der Waals surface area contributed by atoms with Gasteiger partial charge in [-0.3, -0.25) is 4.79 Å². The molecule has 10 heavy (non-hydrogen) atoms. The van der Waals surface area contributed by atoms with Gasteiger partial charge in [-0.2, -0.15) is 0 Å². The molecule has 58 valence electrons. The number of hydrogen-bond donors (Lipinski definition) is 0. The number of carbonyl (C=O) groups excluding carboxylic acids is 1. The predicted molar refractivity (Wildman–Crippen MR) is 47.4 cm³/mol. The normalized spacial score (nSPS) is 11.2. The van der Waals surface area contributed by atoms with Gasteiger partial charge in [-0.05, 0) is 12.3 Å². The van der Waals surface area contributed by atoms with Crippen molar-refractivity contribution >= 4 is 22.9 Å². The molecule has 0 N–H and O–H groups in total. The minimum atomic E-state index is 0.000995. The van der Waals surface area contributed by atoms with Gasteiger partial charge >= 0.3 is 0 Å². The maximum atomic E-state index is 10.6. The molecular weight excluding hydrogens is 144 g/mol. The Balaban J connectivity index is 3.99. The van der Waals surface area contributed by atoms with Crippen LogP contribution in [0, 0.1) is 5.41 Å². The summed E-state index contributed by atoms with van der Waals surface area (Å²) in [7, 11) is 0. The molecule has 0 aromatic rings. The first-order valence-electron chi connectivity index (χ1n) is 3.37. The number of rotatable bonds is 2. The standard InChI is InChI=1S/C8H14OS/c1-6(9)5-7(10)8(2,3)4/h5H2,1-4H3. The highest BCUT2D eigenvalue weighted by Crippen LogP contribution is 2.18. The Morgan fingerprint density at radius 2 is 1.80 bits per heavy atom. The smallest absolute Gasteiger partial charge is 0.134 e. The van der Waals surface area contributed by atoms with E-state index in [-0.39, 0.29) is 11.2 Å². The molecule has 0 radical (unpaired) electrons. The average Bonchev–Trinajstić information content (AvgIpc) is 1.60. The van der Waals surface area contributed by atoms with E-state index < -0.39 is 0 Å². The van der Waals surface area contributed by atoms with E-state index in [0.29, 0.717) is 6.42 Å². The van der Waals surface area contributed by atoms with Gasteiger partial charge in [0.05, 0.1) is 0 Å². The molecule has 1 nitrogen and oxygen atoms in total. The fourth-order valence-corrected chi connectivity index (χ4v) is 0.695. The monoisotopic (exact) mass is 158 g/mol. The highest BCUT2D eigenvalue weighted by molar-refractivity contribution is 7.80. The first-order chi connectivity index (χ1) is 4.34. The Hall–Kier alpha value is -0.240. The highest BCUT2D eigenvalue weighted by Gasteiger charge is 2.17. The molecule has 0 unspecified atom stereocenters. The largest absolute Gasteiger partial charge is 0.300 e. The molecule has 0 aliphatic rings. The SMILES string of the molecule is CC(=O)CC(=S)C(C)(C)C. The number of thiocarbonyl (C=S) groups is 1. The van der Waals surface area contributed by atoms with Crippen molar-refractivity contribution < 1.29 is 4.79 Å². The van der Waals surface area contributed by atoms with E-state index in [0.717, 1.165) is 4.86 Å². The Kier molecular flexibility index (Phi) is 3.16. The van der Waals surface area contributed by atoms with Gasteiger partial charge in [0.1, 0.15) is 5.78 Å². The third kappa shape index (κ3) is 3.72. The maximum Gasteiger partial charge on any atom is 0.134 e. The zero-order valence-corrected chi connectivity index (χ0v) is 7.84. The lowest BCUT2D eigenvalue weighted by Crippen LogP contribution is -2.20. The maximum absolute atomic E-state index is 10.6. The van der Waals surface area contributed by atoms with Crippen LogP contribution in [0.2, 0.25) is 0 Å². The number of carbonyl (C=O) groups is 1. The Bertz CT molecular complexity index is 153. The van der Waals surface area contributed by atoms with Crippen LogP contribution in [0.15, 0.2) is 0 Å². The summed E-state index contributed by atoms with van der Waals surface area (Å²) in [5.74, 6) is 0.153. The van der Waals surface area contributed by atoms with E-state index in [1.54, 1.807) is 6.92 Å². The molecule has 0 saturated heterocycles. The van der Waals surface area contributed by atoms with Gasteiger partial charge < -0.3 is 0 Å². The molecule has 0 aliphatic carbocycles. The van der Waals surface area contributed by atoms with Crippen molar-refractivity contribution in [1.82, 2.24) is 0 Å². The fraction of sp³-hybridized carbons (Fsp3) is 0.750. The van der Waals surface area contributed by atoms with Crippen molar-refractivity contribution in [2.24, 2.45) is 5.41 Å². The van der Waals surface area contributed by atoms with Gasteiger partial charge in [-0.15, -0.1) is 0 Å². The summed E-state index contributed by atoms with van der Waals surface area (Å²) in [6.07, 6.45) is 0.443. The van der Waals surface area contributed by atoms with Crippen LogP contribution in [0.25, 0.3) is 0 Å². The van der Waals surface area contributed by atoms with Crippen LogP contribution in [0.4, 0.5) is 0 Å². The molecule has 0 amide bonds. The summed E-state index contributed by atoms with van der Waals surface area (Å²) in [6, 6.07) is 0. The summed E-state index contributed by atoms with van der Waals surface area (Å²) < 4.78 is 0. The summed E-state index contributed by atoms with van der Waals surface area (Å²) >= 11 is 5.05. The van der Waals surface area contributed by atoms with Crippen LogP contribution in [-0.4, -0.2) is 10.6 Å². The summed E-state index contributed by atoms with van der Waals surface area (Å²) in [6.45, 7) is 7.65. The van der Waals surface area contributed by atoms with E-state index in [2.05, 4.69) is 0 Å². The van der Waals surface area contributed by atoms with Gasteiger partial charge in [-0.25, -0.2) is 0 Å². The van der Waals surface area contributed by atoms with Crippen LogP contribution in [0.5, 0.6) is 0 Å². The third-order valence-corrected chi connectivity index (χ3v) is 2.00. The first-order valence-corrected chi connectivity index (χ1v) is 3.77. The molecule has 0 atom stereocenters. The van der Waals surface area contributed by atoms with E-state index in [1.807, 2.05) is 20.8 Å². The molecule has 0 saturated carbocycles. The van der Waals surface area contributed by atoms with Gasteiger partial charge in [0.15, 0.2) is 0 Å². The summed E-state index contributed by atoms with van der Waals surface area (Å²) in [5, 5.41) is 0. The molecule has 0 aromatic heterocycles. The zero-order valence-electron chi connectivity index (χ0n) is 7.02. The van der Waals surface area contributed by atoms with Gasteiger partial charge in [0.2, 0.25) is 0 Å². The molecule has 0 rings (SSSR count). The van der Waals surface area contributed by atoms with E-state index in [4.69, 9.17) is 12.2 Å². The second-order valence-corrected chi connectivity index (χ2v) is 4.04. The molecule has 0 aliphatic heterocycles. The average molecular weight is 158 g/mol. The lowest BCUT2D eigenvalue weighted by atomic mass is 9.89. The molecule has 2 heteroatoms. The predicted octanol–water partition coefficient (Wildman–Crippen LogP) is 2.38. The van der Waals surface area contributed by atoms with Crippen molar-refractivity contribution in [2.75, 3.05) is 0 Å². The van der Waals surface area contributed by atoms with Crippen molar-refractivity contribution in [3.8, 4) is 0 Å². The van der Waals surface area contributed by atoms with Crippen LogP contribution < -0.4 is 0 Å². The molecule has 0 bridgehead atoms. The minimum absolute atomic E-state index is 0.000995. The lowest BCUT2D eigenvalue weighted by molar-refractivity contribution is -0.115. The number of hydrogen-bond acceptors (Lipinski definition) is 2. The zero-order chi connectivity index (χ0) is 8.36. The van der Waals surface area contributed by atoms with Crippen LogP contribution in [0.1, 0.15) is 34.1 Å². The van der Waals surface area contributed by atoms with Gasteiger partial charge in [0, 0.05) is 11.3 Å². The molecular formula is C8H14OS. The van der Waals surface area contributed by atoms with Gasteiger partial charge in [-0.1, -0.05) is 33.0 Å². The van der Waals surface area contributed by atoms with Crippen LogP contribution in [-0.2, 0) is 4.79 Å². The molecule has 0 fully saturated rings. The van der Waals surface area contributed by atoms with Crippen molar-refractivity contribution in [3.05, 3.63) is 0 Å². The Morgan fingerprint density at radius 3 is 1.90 bits per heavy atom. The second kappa shape index (κ2) is 3.24. The first kappa shape index (κ1) is 9.76. The van der Waals surface area contributed by atoms with E-state index in [9.17, 15) is 4.79 Å². The Morgan fingerprint density at radius 1 is 1.40 bits per heavy atom. The minimum Gasteiger partial charge on any atom is -0.300 e. The number of ketones is 1. The number of Topliss-reactive ketones (excluding diaryl/α,β-unsaturated/α-hetero) is 1.